The van der Waals surface area contributed by atoms with Crippen LogP contribution in [-0.2, 0) is 5.75 Å². The van der Waals surface area contributed by atoms with Crippen LogP contribution in [0, 0.1) is 6.92 Å². The SMILES string of the molecule is Cc1ccc(SCc2ccccc2Cl)cc1. The highest BCUT2D eigenvalue weighted by Gasteiger charge is 2.00. The summed E-state index contributed by atoms with van der Waals surface area (Å²) in [6.07, 6.45) is 0. The van der Waals surface area contributed by atoms with Crippen molar-refractivity contribution in [3.8, 4) is 0 Å². The molecule has 0 radical (unpaired) electrons. The molecule has 0 nitrogen and oxygen atoms in total. The van der Waals surface area contributed by atoms with E-state index in [4.69, 9.17) is 11.6 Å². The van der Waals surface area contributed by atoms with Crippen LogP contribution in [0.15, 0.2) is 53.4 Å². The van der Waals surface area contributed by atoms with Crippen LogP contribution in [0.2, 0.25) is 5.02 Å². The molecule has 0 saturated carbocycles. The number of aryl methyl sites for hydroxylation is 1. The predicted octanol–water partition coefficient (Wildman–Crippen LogP) is 4.94. The first-order valence-electron chi connectivity index (χ1n) is 5.18. The van der Waals surface area contributed by atoms with Crippen LogP contribution < -0.4 is 0 Å². The summed E-state index contributed by atoms with van der Waals surface area (Å²) < 4.78 is 0. The Morgan fingerprint density at radius 1 is 1.00 bits per heavy atom. The molecule has 0 amide bonds. The van der Waals surface area contributed by atoms with Gasteiger partial charge in [0.1, 0.15) is 0 Å². The molecule has 0 atom stereocenters. The predicted molar refractivity (Wildman–Crippen MR) is 72.2 cm³/mol. The van der Waals surface area contributed by atoms with Crippen molar-refractivity contribution in [3.05, 3.63) is 64.7 Å². The van der Waals surface area contributed by atoms with E-state index >= 15 is 0 Å². The highest BCUT2D eigenvalue weighted by molar-refractivity contribution is 7.98. The zero-order chi connectivity index (χ0) is 11.4. The van der Waals surface area contributed by atoms with Crippen molar-refractivity contribution in [2.24, 2.45) is 0 Å². The van der Waals surface area contributed by atoms with E-state index < -0.39 is 0 Å². The van der Waals surface area contributed by atoms with Crippen LogP contribution in [0.25, 0.3) is 0 Å². The lowest BCUT2D eigenvalue weighted by Gasteiger charge is -2.04. The maximum atomic E-state index is 6.10. The Bertz CT molecular complexity index is 462. The highest BCUT2D eigenvalue weighted by Crippen LogP contribution is 2.26. The molecule has 0 bridgehead atoms. The third-order valence-corrected chi connectivity index (χ3v) is 3.80. The first-order valence-corrected chi connectivity index (χ1v) is 6.55. The first-order chi connectivity index (χ1) is 7.75. The molecule has 0 fully saturated rings. The first kappa shape index (κ1) is 11.6. The van der Waals surface area contributed by atoms with E-state index in [0.717, 1.165) is 10.8 Å². The van der Waals surface area contributed by atoms with Crippen molar-refractivity contribution >= 4 is 23.4 Å². The normalized spacial score (nSPS) is 10.4. The molecule has 2 rings (SSSR count). The fraction of sp³-hybridized carbons (Fsp3) is 0.143. The second-order valence-electron chi connectivity index (χ2n) is 3.69. The van der Waals surface area contributed by atoms with E-state index in [0.29, 0.717) is 0 Å². The molecule has 0 aromatic heterocycles. The molecule has 2 heteroatoms. The Kier molecular flexibility index (Phi) is 3.92. The Labute approximate surface area is 106 Å². The standard InChI is InChI=1S/C14H13ClS/c1-11-6-8-13(9-7-11)16-10-12-4-2-3-5-14(12)15/h2-9H,10H2,1H3. The Balaban J connectivity index is 2.02. The Morgan fingerprint density at radius 3 is 2.38 bits per heavy atom. The van der Waals surface area contributed by atoms with E-state index in [2.05, 4.69) is 37.3 Å². The third kappa shape index (κ3) is 3.03. The second-order valence-corrected chi connectivity index (χ2v) is 5.15. The minimum Gasteiger partial charge on any atom is -0.121 e. The van der Waals surface area contributed by atoms with Gasteiger partial charge in [0, 0.05) is 15.7 Å². The van der Waals surface area contributed by atoms with Gasteiger partial charge in [-0.05, 0) is 30.7 Å². The van der Waals surface area contributed by atoms with Crippen LogP contribution in [0.5, 0.6) is 0 Å². The van der Waals surface area contributed by atoms with Crippen molar-refractivity contribution in [2.75, 3.05) is 0 Å². The number of hydrogen-bond acceptors (Lipinski definition) is 1. The number of thioether (sulfide) groups is 1. The molecule has 0 N–H and O–H groups in total. The summed E-state index contributed by atoms with van der Waals surface area (Å²) in [5.41, 5.74) is 2.48. The molecular formula is C14H13ClS. The molecule has 0 heterocycles. The van der Waals surface area contributed by atoms with Gasteiger partial charge in [-0.3, -0.25) is 0 Å². The van der Waals surface area contributed by atoms with Gasteiger partial charge in [-0.15, -0.1) is 11.8 Å². The number of hydrogen-bond donors (Lipinski definition) is 0. The Morgan fingerprint density at radius 2 is 1.69 bits per heavy atom. The summed E-state index contributed by atoms with van der Waals surface area (Å²) in [5, 5.41) is 0.849. The van der Waals surface area contributed by atoms with E-state index in [1.807, 2.05) is 30.0 Å². The smallest absolute Gasteiger partial charge is 0.0446 e. The molecule has 0 aliphatic rings. The summed E-state index contributed by atoms with van der Waals surface area (Å²) in [5.74, 6) is 0.919. The molecule has 82 valence electrons. The van der Waals surface area contributed by atoms with Crippen molar-refractivity contribution in [3.63, 3.8) is 0 Å². The van der Waals surface area contributed by atoms with Crippen molar-refractivity contribution in [1.29, 1.82) is 0 Å². The summed E-state index contributed by atoms with van der Waals surface area (Å²) >= 11 is 7.91. The lowest BCUT2D eigenvalue weighted by molar-refractivity contribution is 1.35. The maximum Gasteiger partial charge on any atom is 0.0446 e. The van der Waals surface area contributed by atoms with Gasteiger partial charge in [0.15, 0.2) is 0 Å². The summed E-state index contributed by atoms with van der Waals surface area (Å²) in [6, 6.07) is 16.6. The molecule has 0 unspecified atom stereocenters. The van der Waals surface area contributed by atoms with Gasteiger partial charge in [-0.1, -0.05) is 47.5 Å². The van der Waals surface area contributed by atoms with Crippen LogP contribution in [0.4, 0.5) is 0 Å². The summed E-state index contributed by atoms with van der Waals surface area (Å²) in [6.45, 7) is 2.10. The third-order valence-electron chi connectivity index (χ3n) is 2.37. The van der Waals surface area contributed by atoms with E-state index in [9.17, 15) is 0 Å². The molecule has 2 aromatic rings. The van der Waals surface area contributed by atoms with Crippen LogP contribution in [0.3, 0.4) is 0 Å². The van der Waals surface area contributed by atoms with Crippen LogP contribution in [-0.4, -0.2) is 0 Å². The Hall–Kier alpha value is -0.920. The van der Waals surface area contributed by atoms with Gasteiger partial charge in [0.25, 0.3) is 0 Å². The highest BCUT2D eigenvalue weighted by atomic mass is 35.5. The van der Waals surface area contributed by atoms with E-state index in [1.54, 1.807) is 0 Å². The summed E-state index contributed by atoms with van der Waals surface area (Å²) in [4.78, 5) is 1.28. The minimum absolute atomic E-state index is 0.849. The fourth-order valence-corrected chi connectivity index (χ4v) is 2.60. The van der Waals surface area contributed by atoms with E-state index in [1.165, 1.54) is 16.0 Å². The lowest BCUT2D eigenvalue weighted by atomic mass is 10.2. The molecule has 16 heavy (non-hydrogen) atoms. The minimum atomic E-state index is 0.849. The van der Waals surface area contributed by atoms with Gasteiger partial charge in [0.05, 0.1) is 0 Å². The molecule has 0 spiro atoms. The summed E-state index contributed by atoms with van der Waals surface area (Å²) in [7, 11) is 0. The molecule has 0 aliphatic carbocycles. The number of benzene rings is 2. The molecule has 2 aromatic carbocycles. The topological polar surface area (TPSA) is 0 Å². The van der Waals surface area contributed by atoms with Gasteiger partial charge < -0.3 is 0 Å². The quantitative estimate of drug-likeness (QED) is 0.694. The van der Waals surface area contributed by atoms with Crippen molar-refractivity contribution in [1.82, 2.24) is 0 Å². The van der Waals surface area contributed by atoms with Gasteiger partial charge >= 0.3 is 0 Å². The monoisotopic (exact) mass is 248 g/mol. The number of rotatable bonds is 3. The lowest BCUT2D eigenvalue weighted by Crippen LogP contribution is -1.82. The van der Waals surface area contributed by atoms with E-state index in [-0.39, 0.29) is 0 Å². The molecule has 0 saturated heterocycles. The zero-order valence-corrected chi connectivity index (χ0v) is 10.7. The van der Waals surface area contributed by atoms with Crippen LogP contribution in [0.1, 0.15) is 11.1 Å². The fourth-order valence-electron chi connectivity index (χ4n) is 1.41. The van der Waals surface area contributed by atoms with Gasteiger partial charge in [-0.2, -0.15) is 0 Å². The zero-order valence-electron chi connectivity index (χ0n) is 9.11. The number of halogens is 1. The molecule has 0 aliphatic heterocycles. The average Bonchev–Trinajstić information content (AvgIpc) is 2.30. The average molecular weight is 249 g/mol. The van der Waals surface area contributed by atoms with Gasteiger partial charge in [-0.25, -0.2) is 0 Å². The van der Waals surface area contributed by atoms with Crippen molar-refractivity contribution in [2.45, 2.75) is 17.6 Å². The van der Waals surface area contributed by atoms with Crippen LogP contribution >= 0.6 is 23.4 Å². The van der Waals surface area contributed by atoms with Crippen molar-refractivity contribution < 1.29 is 0 Å². The maximum absolute atomic E-state index is 6.10. The molecular weight excluding hydrogens is 236 g/mol. The second kappa shape index (κ2) is 5.42. The van der Waals surface area contributed by atoms with Gasteiger partial charge in [0.2, 0.25) is 0 Å². The largest absolute Gasteiger partial charge is 0.121 e.